The number of ketones is 1. The number of carbonyl (C=O) groups is 2. The molecule has 4 rings (SSSR count). The molecule has 0 fully saturated rings. The van der Waals surface area contributed by atoms with Crippen LogP contribution in [0.3, 0.4) is 0 Å². The molecule has 0 saturated carbocycles. The van der Waals surface area contributed by atoms with Crippen molar-refractivity contribution >= 4 is 27.6 Å². The Balaban J connectivity index is 1.64. The second-order valence-corrected chi connectivity index (χ2v) is 10.4. The SMILES string of the molecule is CCC1OC(C=O)N(C(N)c2ccc(C(=O)c3cccnc3)cc2)N=C1c1ccc(S(C)(=O)=O)cc1. The predicted octanol–water partition coefficient (Wildman–Crippen LogP) is 2.71. The Bertz CT molecular complexity index is 1370. The molecule has 3 atom stereocenters. The van der Waals surface area contributed by atoms with E-state index in [1.807, 2.05) is 6.92 Å². The van der Waals surface area contributed by atoms with Crippen molar-refractivity contribution in [2.45, 2.75) is 36.7 Å². The highest BCUT2D eigenvalue weighted by atomic mass is 32.2. The molecule has 36 heavy (non-hydrogen) atoms. The number of aldehydes is 1. The van der Waals surface area contributed by atoms with Gasteiger partial charge in [0, 0.05) is 35.3 Å². The molecule has 10 heteroatoms. The number of nitrogens with two attached hydrogens (primary N) is 1. The standard InChI is InChI=1S/C26H26N4O5S/c1-3-22-24(17-10-12-21(13-11-17)36(2,33)34)29-30(23(16-31)35-22)26(27)19-8-6-18(7-9-19)25(32)20-5-4-14-28-15-20/h4-16,22-23,26H,3,27H2,1-2H3. The van der Waals surface area contributed by atoms with Crippen LogP contribution in [0.4, 0.5) is 0 Å². The third-order valence-corrected chi connectivity index (χ3v) is 7.01. The topological polar surface area (TPSA) is 132 Å². The third kappa shape index (κ3) is 5.25. The van der Waals surface area contributed by atoms with E-state index in [9.17, 15) is 18.0 Å². The molecule has 2 N–H and O–H groups in total. The van der Waals surface area contributed by atoms with Crippen LogP contribution in [0.15, 0.2) is 83.1 Å². The fourth-order valence-corrected chi connectivity index (χ4v) is 4.54. The molecular weight excluding hydrogens is 480 g/mol. The Hall–Kier alpha value is -3.73. The number of aromatic nitrogens is 1. The van der Waals surface area contributed by atoms with E-state index in [-0.39, 0.29) is 10.7 Å². The van der Waals surface area contributed by atoms with Gasteiger partial charge < -0.3 is 10.5 Å². The van der Waals surface area contributed by atoms with E-state index < -0.39 is 28.3 Å². The molecule has 2 aromatic carbocycles. The molecule has 0 radical (unpaired) electrons. The van der Waals surface area contributed by atoms with E-state index in [1.165, 1.54) is 23.3 Å². The lowest BCUT2D eigenvalue weighted by molar-refractivity contribution is -0.144. The van der Waals surface area contributed by atoms with Crippen LogP contribution in [0.1, 0.15) is 46.6 Å². The first-order valence-corrected chi connectivity index (χ1v) is 13.2. The van der Waals surface area contributed by atoms with Crippen LogP contribution in [-0.2, 0) is 19.4 Å². The number of ether oxygens (including phenoxy) is 1. The lowest BCUT2D eigenvalue weighted by atomic mass is 10.0. The summed E-state index contributed by atoms with van der Waals surface area (Å²) in [7, 11) is -3.35. The monoisotopic (exact) mass is 506 g/mol. The first-order valence-electron chi connectivity index (χ1n) is 11.3. The van der Waals surface area contributed by atoms with Crippen molar-refractivity contribution in [3.05, 3.63) is 95.3 Å². The Morgan fingerprint density at radius 2 is 1.81 bits per heavy atom. The van der Waals surface area contributed by atoms with Crippen molar-refractivity contribution in [2.75, 3.05) is 6.26 Å². The minimum atomic E-state index is -3.35. The van der Waals surface area contributed by atoms with Crippen molar-refractivity contribution in [1.29, 1.82) is 0 Å². The summed E-state index contributed by atoms with van der Waals surface area (Å²) in [6.45, 7) is 1.90. The number of nitrogens with zero attached hydrogens (tertiary/aromatic N) is 3. The number of carbonyl (C=O) groups excluding carboxylic acids is 2. The molecule has 0 aliphatic carbocycles. The molecule has 2 heterocycles. The largest absolute Gasteiger partial charge is 0.340 e. The molecule has 9 nitrogen and oxygen atoms in total. The Kier molecular flexibility index (Phi) is 7.39. The molecule has 3 aromatic rings. The zero-order valence-electron chi connectivity index (χ0n) is 19.8. The van der Waals surface area contributed by atoms with Crippen LogP contribution in [0.5, 0.6) is 0 Å². The molecule has 186 valence electrons. The molecule has 0 amide bonds. The van der Waals surface area contributed by atoms with Crippen molar-refractivity contribution in [2.24, 2.45) is 10.8 Å². The van der Waals surface area contributed by atoms with Crippen molar-refractivity contribution in [1.82, 2.24) is 9.99 Å². The number of pyridine rings is 1. The highest BCUT2D eigenvalue weighted by Crippen LogP contribution is 2.27. The number of hydrogen-bond acceptors (Lipinski definition) is 9. The van der Waals surface area contributed by atoms with Gasteiger partial charge >= 0.3 is 0 Å². The highest BCUT2D eigenvalue weighted by molar-refractivity contribution is 7.90. The van der Waals surface area contributed by atoms with E-state index in [0.717, 1.165) is 6.26 Å². The van der Waals surface area contributed by atoms with Crippen LogP contribution in [0, 0.1) is 0 Å². The Morgan fingerprint density at radius 1 is 1.11 bits per heavy atom. The van der Waals surface area contributed by atoms with E-state index >= 15 is 0 Å². The molecule has 0 saturated heterocycles. The quantitative estimate of drug-likeness (QED) is 0.364. The van der Waals surface area contributed by atoms with Gasteiger partial charge in [0.2, 0.25) is 6.23 Å². The average molecular weight is 507 g/mol. The van der Waals surface area contributed by atoms with Crippen LogP contribution >= 0.6 is 0 Å². The summed E-state index contributed by atoms with van der Waals surface area (Å²) < 4.78 is 29.6. The van der Waals surface area contributed by atoms with Gasteiger partial charge in [-0.05, 0) is 36.2 Å². The van der Waals surface area contributed by atoms with Crippen LogP contribution in [0.25, 0.3) is 0 Å². The first kappa shape index (κ1) is 25.4. The predicted molar refractivity (Wildman–Crippen MR) is 134 cm³/mol. The Morgan fingerprint density at radius 3 is 2.36 bits per heavy atom. The first-order chi connectivity index (χ1) is 17.2. The number of rotatable bonds is 8. The van der Waals surface area contributed by atoms with Gasteiger partial charge in [-0.3, -0.25) is 14.6 Å². The van der Waals surface area contributed by atoms with Crippen molar-refractivity contribution in [3.63, 3.8) is 0 Å². The smallest absolute Gasteiger partial charge is 0.204 e. The molecule has 0 spiro atoms. The number of hydrogen-bond donors (Lipinski definition) is 1. The second kappa shape index (κ2) is 10.5. The number of hydrazone groups is 1. The summed E-state index contributed by atoms with van der Waals surface area (Å²) >= 11 is 0. The zero-order chi connectivity index (χ0) is 25.9. The van der Waals surface area contributed by atoms with E-state index in [4.69, 9.17) is 10.5 Å². The third-order valence-electron chi connectivity index (χ3n) is 5.88. The number of benzene rings is 2. The average Bonchev–Trinajstić information content (AvgIpc) is 2.91. The van der Waals surface area contributed by atoms with Crippen molar-refractivity contribution < 1.29 is 22.7 Å². The van der Waals surface area contributed by atoms with Crippen molar-refractivity contribution in [3.8, 4) is 0 Å². The van der Waals surface area contributed by atoms with Gasteiger partial charge in [0.05, 0.1) is 10.6 Å². The lowest BCUT2D eigenvalue weighted by Crippen LogP contribution is -2.49. The summed E-state index contributed by atoms with van der Waals surface area (Å²) in [4.78, 5) is 28.7. The summed E-state index contributed by atoms with van der Waals surface area (Å²) in [5.74, 6) is -0.168. The molecular formula is C26H26N4O5S. The maximum absolute atomic E-state index is 12.7. The zero-order valence-corrected chi connectivity index (χ0v) is 20.6. The highest BCUT2D eigenvalue weighted by Gasteiger charge is 2.34. The molecule has 3 unspecified atom stereocenters. The van der Waals surface area contributed by atoms with Gasteiger partial charge in [0.15, 0.2) is 21.9 Å². The maximum Gasteiger partial charge on any atom is 0.204 e. The fourth-order valence-electron chi connectivity index (χ4n) is 3.91. The van der Waals surface area contributed by atoms with Gasteiger partial charge in [-0.1, -0.05) is 43.3 Å². The summed E-state index contributed by atoms with van der Waals surface area (Å²) in [5, 5.41) is 6.05. The van der Waals surface area contributed by atoms with Crippen LogP contribution in [0.2, 0.25) is 0 Å². The van der Waals surface area contributed by atoms with Crippen LogP contribution < -0.4 is 5.73 Å². The number of sulfone groups is 1. The normalized spacial score (nSPS) is 18.9. The summed E-state index contributed by atoms with van der Waals surface area (Å²) in [6.07, 6.45) is 3.09. The van der Waals surface area contributed by atoms with Gasteiger partial charge in [-0.25, -0.2) is 13.4 Å². The second-order valence-electron chi connectivity index (χ2n) is 8.36. The van der Waals surface area contributed by atoms with E-state index in [0.29, 0.717) is 40.7 Å². The Labute approximate surface area is 209 Å². The maximum atomic E-state index is 12.7. The minimum absolute atomic E-state index is 0.168. The molecule has 1 aliphatic heterocycles. The van der Waals surface area contributed by atoms with Gasteiger partial charge in [-0.15, -0.1) is 0 Å². The minimum Gasteiger partial charge on any atom is -0.340 e. The molecule has 1 aromatic heterocycles. The molecule has 1 aliphatic rings. The van der Waals surface area contributed by atoms with Gasteiger partial charge in [0.25, 0.3) is 0 Å². The van der Waals surface area contributed by atoms with Gasteiger partial charge in [-0.2, -0.15) is 5.10 Å². The summed E-state index contributed by atoms with van der Waals surface area (Å²) in [6, 6.07) is 16.5. The van der Waals surface area contributed by atoms with Gasteiger partial charge in [0.1, 0.15) is 12.3 Å². The fraction of sp³-hybridized carbons (Fsp3) is 0.231. The summed E-state index contributed by atoms with van der Waals surface area (Å²) in [5.41, 5.74) is 9.26. The molecule has 0 bridgehead atoms. The van der Waals surface area contributed by atoms with E-state index in [2.05, 4.69) is 10.1 Å². The lowest BCUT2D eigenvalue weighted by Gasteiger charge is -2.38. The van der Waals surface area contributed by atoms with Crippen LogP contribution in [-0.4, -0.2) is 54.8 Å². The van der Waals surface area contributed by atoms with E-state index in [1.54, 1.807) is 54.7 Å².